The molecule has 20 heavy (non-hydrogen) atoms. The Morgan fingerprint density at radius 1 is 1.20 bits per heavy atom. The van der Waals surface area contributed by atoms with Crippen molar-refractivity contribution in [3.05, 3.63) is 35.4 Å². The predicted molar refractivity (Wildman–Crippen MR) is 74.3 cm³/mol. The van der Waals surface area contributed by atoms with Crippen LogP contribution in [-0.2, 0) is 16.0 Å². The highest BCUT2D eigenvalue weighted by Gasteiger charge is 2.04. The summed E-state index contributed by atoms with van der Waals surface area (Å²) in [4.78, 5) is 15.0. The van der Waals surface area contributed by atoms with Gasteiger partial charge in [0.2, 0.25) is 0 Å². The number of hydrogen-bond donors (Lipinski definition) is 3. The Hall–Kier alpha value is -1.96. The summed E-state index contributed by atoms with van der Waals surface area (Å²) in [5, 5.41) is 8.48. The van der Waals surface area contributed by atoms with E-state index in [1.165, 1.54) is 0 Å². The second-order valence-electron chi connectivity index (χ2n) is 3.85. The lowest BCUT2D eigenvalue weighted by molar-refractivity contribution is 0.0562. The summed E-state index contributed by atoms with van der Waals surface area (Å²) in [7, 11) is 0. The molecule has 0 aromatic heterocycles. The van der Waals surface area contributed by atoms with Crippen LogP contribution < -0.4 is 11.5 Å². The fraction of sp³-hybridized carbons (Fsp3) is 0.385. The molecule has 5 N–H and O–H groups in total. The average molecular weight is 281 g/mol. The van der Waals surface area contributed by atoms with Gasteiger partial charge < -0.3 is 26.0 Å². The van der Waals surface area contributed by atoms with E-state index in [0.717, 1.165) is 5.56 Å². The first-order valence-electron chi connectivity index (χ1n) is 6.16. The van der Waals surface area contributed by atoms with Crippen LogP contribution in [0, 0.1) is 0 Å². The normalized spacial score (nSPS) is 11.4. The molecule has 110 valence electrons. The molecule has 0 saturated heterocycles. The maximum atomic E-state index is 11.4. The van der Waals surface area contributed by atoms with E-state index in [0.29, 0.717) is 12.1 Å². The molecular weight excluding hydrogens is 262 g/mol. The minimum absolute atomic E-state index is 0.0573. The summed E-state index contributed by atoms with van der Waals surface area (Å²) in [6, 6.07) is 7.09. The number of nitrogens with zero attached hydrogens (tertiary/aromatic N) is 1. The van der Waals surface area contributed by atoms with Gasteiger partial charge in [0, 0.05) is 12.1 Å². The van der Waals surface area contributed by atoms with E-state index < -0.39 is 6.09 Å². The maximum absolute atomic E-state index is 11.4. The quantitative estimate of drug-likeness (QED) is 0.367. The first-order chi connectivity index (χ1) is 9.67. The van der Waals surface area contributed by atoms with Gasteiger partial charge >= 0.3 is 6.09 Å². The number of carbonyl (C=O) groups excluding carboxylic acids is 1. The van der Waals surface area contributed by atoms with Crippen molar-refractivity contribution in [2.24, 2.45) is 16.5 Å². The maximum Gasteiger partial charge on any atom is 0.435 e. The smallest absolute Gasteiger partial charge is 0.435 e. The van der Waals surface area contributed by atoms with Gasteiger partial charge in [-0.1, -0.05) is 24.3 Å². The van der Waals surface area contributed by atoms with Gasteiger partial charge in [0.15, 0.2) is 0 Å². The number of aliphatic hydroxyl groups excluding tert-OH is 1. The first-order valence-corrected chi connectivity index (χ1v) is 6.16. The lowest BCUT2D eigenvalue weighted by Crippen LogP contribution is -2.17. The monoisotopic (exact) mass is 281 g/mol. The molecule has 0 aliphatic carbocycles. The molecule has 0 spiro atoms. The van der Waals surface area contributed by atoms with Crippen molar-refractivity contribution in [2.45, 2.75) is 6.54 Å². The fourth-order valence-electron chi connectivity index (χ4n) is 1.36. The van der Waals surface area contributed by atoms with E-state index in [9.17, 15) is 4.79 Å². The molecule has 0 bridgehead atoms. The summed E-state index contributed by atoms with van der Waals surface area (Å²) >= 11 is 0. The molecule has 1 amide bonds. The van der Waals surface area contributed by atoms with E-state index in [-0.39, 0.29) is 32.3 Å². The number of nitrogens with two attached hydrogens (primary N) is 2. The van der Waals surface area contributed by atoms with Crippen molar-refractivity contribution in [1.82, 2.24) is 0 Å². The largest absolute Gasteiger partial charge is 0.445 e. The molecular formula is C13H19N3O4. The Morgan fingerprint density at radius 2 is 1.90 bits per heavy atom. The number of carbonyl (C=O) groups is 1. The van der Waals surface area contributed by atoms with Gasteiger partial charge in [-0.15, -0.1) is 0 Å². The van der Waals surface area contributed by atoms with E-state index in [1.54, 1.807) is 12.1 Å². The molecule has 0 aliphatic rings. The predicted octanol–water partition coefficient (Wildman–Crippen LogP) is -0.00390. The van der Waals surface area contributed by atoms with Crippen LogP contribution in [0.2, 0.25) is 0 Å². The lowest BCUT2D eigenvalue weighted by Gasteiger charge is -2.04. The summed E-state index contributed by atoms with van der Waals surface area (Å²) in [6.07, 6.45) is -0.780. The van der Waals surface area contributed by atoms with Gasteiger partial charge in [-0.25, -0.2) is 4.79 Å². The highest BCUT2D eigenvalue weighted by Crippen LogP contribution is 2.03. The van der Waals surface area contributed by atoms with Gasteiger partial charge in [0.05, 0.1) is 19.8 Å². The van der Waals surface area contributed by atoms with Crippen molar-refractivity contribution >= 4 is 11.9 Å². The minimum atomic E-state index is -0.780. The third kappa shape index (κ3) is 5.79. The highest BCUT2D eigenvalue weighted by atomic mass is 16.6. The number of benzene rings is 1. The molecule has 7 nitrogen and oxygen atoms in total. The first kappa shape index (κ1) is 16.1. The third-order valence-electron chi connectivity index (χ3n) is 2.39. The van der Waals surface area contributed by atoms with Crippen LogP contribution in [-0.4, -0.2) is 43.5 Å². The lowest BCUT2D eigenvalue weighted by atomic mass is 10.1. The second kappa shape index (κ2) is 9.03. The summed E-state index contributed by atoms with van der Waals surface area (Å²) in [6.45, 7) is 0.830. The molecule has 1 aromatic carbocycles. The van der Waals surface area contributed by atoms with Crippen molar-refractivity contribution in [1.29, 1.82) is 0 Å². The van der Waals surface area contributed by atoms with E-state index in [2.05, 4.69) is 4.99 Å². The number of ether oxygens (including phenoxy) is 2. The third-order valence-corrected chi connectivity index (χ3v) is 2.39. The number of amides is 1. The molecule has 0 fully saturated rings. The van der Waals surface area contributed by atoms with Crippen molar-refractivity contribution in [3.63, 3.8) is 0 Å². The standard InChI is InChI=1S/C13H19N3O4/c14-9-10-1-3-11(4-2-10)12(15)16-13(18)20-8-7-19-6-5-17/h1-4,17H,5-9,14H2,(H2,15,16,18). The number of rotatable bonds is 7. The summed E-state index contributed by atoms with van der Waals surface area (Å²) in [5.41, 5.74) is 12.8. The number of hydrogen-bond acceptors (Lipinski definition) is 5. The minimum Gasteiger partial charge on any atom is -0.445 e. The van der Waals surface area contributed by atoms with Crippen LogP contribution in [0.15, 0.2) is 29.3 Å². The molecule has 1 rings (SSSR count). The molecule has 0 aliphatic heterocycles. The van der Waals surface area contributed by atoms with Crippen molar-refractivity contribution in [3.8, 4) is 0 Å². The second-order valence-corrected chi connectivity index (χ2v) is 3.85. The molecule has 0 unspecified atom stereocenters. The van der Waals surface area contributed by atoms with Crippen LogP contribution in [0.3, 0.4) is 0 Å². The highest BCUT2D eigenvalue weighted by molar-refractivity contribution is 6.02. The van der Waals surface area contributed by atoms with Gasteiger partial charge in [-0.2, -0.15) is 4.99 Å². The molecule has 1 aromatic rings. The van der Waals surface area contributed by atoms with Gasteiger partial charge in [0.25, 0.3) is 0 Å². The van der Waals surface area contributed by atoms with E-state index in [4.69, 9.17) is 26.0 Å². The van der Waals surface area contributed by atoms with E-state index >= 15 is 0 Å². The number of aliphatic imine (C=N–C) groups is 1. The molecule has 0 saturated carbocycles. The summed E-state index contributed by atoms with van der Waals surface area (Å²) < 4.78 is 9.72. The zero-order valence-corrected chi connectivity index (χ0v) is 11.1. The van der Waals surface area contributed by atoms with Gasteiger partial charge in [-0.05, 0) is 5.56 Å². The van der Waals surface area contributed by atoms with Crippen LogP contribution in [0.4, 0.5) is 4.79 Å². The molecule has 0 radical (unpaired) electrons. The van der Waals surface area contributed by atoms with Crippen LogP contribution >= 0.6 is 0 Å². The average Bonchev–Trinajstić information content (AvgIpc) is 2.47. The van der Waals surface area contributed by atoms with Crippen LogP contribution in [0.1, 0.15) is 11.1 Å². The topological polar surface area (TPSA) is 120 Å². The molecule has 7 heteroatoms. The molecule has 0 atom stereocenters. The zero-order chi connectivity index (χ0) is 14.8. The summed E-state index contributed by atoms with van der Waals surface area (Å²) in [5.74, 6) is 0.0786. The Bertz CT molecular complexity index is 445. The zero-order valence-electron chi connectivity index (χ0n) is 11.1. The number of aliphatic hydroxyl groups is 1. The number of amidine groups is 1. The Balaban J connectivity index is 2.44. The van der Waals surface area contributed by atoms with Crippen molar-refractivity contribution < 1.29 is 19.4 Å². The Kier molecular flexibility index (Phi) is 7.26. The van der Waals surface area contributed by atoms with Crippen LogP contribution in [0.25, 0.3) is 0 Å². The Labute approximate surface area is 117 Å². The van der Waals surface area contributed by atoms with Gasteiger partial charge in [0.1, 0.15) is 12.4 Å². The van der Waals surface area contributed by atoms with Crippen LogP contribution in [0.5, 0.6) is 0 Å². The molecule has 0 heterocycles. The fourth-order valence-corrected chi connectivity index (χ4v) is 1.36. The SMILES string of the molecule is NCc1ccc(C(N)=NC(=O)OCCOCCO)cc1. The van der Waals surface area contributed by atoms with E-state index in [1.807, 2.05) is 12.1 Å². The Morgan fingerprint density at radius 3 is 2.50 bits per heavy atom. The van der Waals surface area contributed by atoms with Crippen molar-refractivity contribution in [2.75, 3.05) is 26.4 Å². The van der Waals surface area contributed by atoms with Gasteiger partial charge in [-0.3, -0.25) is 0 Å².